The van der Waals surface area contributed by atoms with Crippen LogP contribution in [0.1, 0.15) is 0 Å². The van der Waals surface area contributed by atoms with Gasteiger partial charge in [0.15, 0.2) is 17.5 Å². The Morgan fingerprint density at radius 3 is 1.56 bits per heavy atom. The molecule has 0 saturated carbocycles. The molecule has 5 heteroatoms. The normalized spacial score (nSPS) is 11.7. The SMILES string of the molecule is c1cc(-c2ccc(-c3nc(-c4ccc5ccccc5c4)nc(-c4ccc5ccccc5c4)n3)cc2)cc(-c2nc3ccccc3c3c2ccc2c4ccccc4oc23)c1. The topological polar surface area (TPSA) is 64.7 Å². The van der Waals surface area contributed by atoms with Crippen LogP contribution in [0.25, 0.3) is 122 Å². The number of fused-ring (bicyclic) bond motifs is 9. The van der Waals surface area contributed by atoms with Gasteiger partial charge in [0.05, 0.1) is 11.2 Å². The van der Waals surface area contributed by atoms with E-state index in [4.69, 9.17) is 24.4 Å². The summed E-state index contributed by atoms with van der Waals surface area (Å²) >= 11 is 0. The van der Waals surface area contributed by atoms with Crippen LogP contribution in [-0.2, 0) is 0 Å². The fourth-order valence-electron chi connectivity index (χ4n) is 8.51. The lowest BCUT2D eigenvalue weighted by Gasteiger charge is -2.12. The molecule has 12 rings (SSSR count). The molecule has 0 N–H and O–H groups in total. The van der Waals surface area contributed by atoms with Crippen LogP contribution in [0.15, 0.2) is 199 Å². The fourth-order valence-corrected chi connectivity index (χ4v) is 8.51. The molecule has 5 nitrogen and oxygen atoms in total. The van der Waals surface area contributed by atoms with Crippen LogP contribution in [0.5, 0.6) is 0 Å². The minimum Gasteiger partial charge on any atom is -0.455 e. The number of benzene rings is 9. The monoisotopic (exact) mass is 752 g/mol. The van der Waals surface area contributed by atoms with Crippen molar-refractivity contribution in [2.75, 3.05) is 0 Å². The van der Waals surface area contributed by atoms with E-state index >= 15 is 0 Å². The van der Waals surface area contributed by atoms with Gasteiger partial charge in [-0.05, 0) is 69.1 Å². The summed E-state index contributed by atoms with van der Waals surface area (Å²) < 4.78 is 6.56. The highest BCUT2D eigenvalue weighted by molar-refractivity contribution is 6.24. The third-order valence-corrected chi connectivity index (χ3v) is 11.5. The number of pyridine rings is 1. The van der Waals surface area contributed by atoms with Gasteiger partial charge in [0.25, 0.3) is 0 Å². The van der Waals surface area contributed by atoms with Gasteiger partial charge in [0, 0.05) is 49.2 Å². The zero-order valence-electron chi connectivity index (χ0n) is 31.7. The van der Waals surface area contributed by atoms with Crippen molar-refractivity contribution in [1.82, 2.24) is 19.9 Å². The van der Waals surface area contributed by atoms with Gasteiger partial charge in [0.1, 0.15) is 11.2 Å². The number of nitrogens with zero attached hydrogens (tertiary/aromatic N) is 4. The highest BCUT2D eigenvalue weighted by atomic mass is 16.3. The average molecular weight is 753 g/mol. The van der Waals surface area contributed by atoms with Gasteiger partial charge >= 0.3 is 0 Å². The van der Waals surface area contributed by atoms with E-state index in [1.807, 2.05) is 18.2 Å². The summed E-state index contributed by atoms with van der Waals surface area (Å²) in [5.41, 5.74) is 9.63. The van der Waals surface area contributed by atoms with E-state index in [-0.39, 0.29) is 0 Å². The van der Waals surface area contributed by atoms with Crippen LogP contribution in [0.4, 0.5) is 0 Å². The number of rotatable bonds is 5. The second kappa shape index (κ2) is 13.3. The molecule has 0 spiro atoms. The highest BCUT2D eigenvalue weighted by Gasteiger charge is 2.18. The molecule has 0 aliphatic carbocycles. The molecule has 0 atom stereocenters. The molecular weight excluding hydrogens is 721 g/mol. The lowest BCUT2D eigenvalue weighted by atomic mass is 9.95. The lowest BCUT2D eigenvalue weighted by Crippen LogP contribution is -2.00. The minimum atomic E-state index is 0.621. The van der Waals surface area contributed by atoms with Crippen LogP contribution < -0.4 is 0 Å². The Labute approximate surface area is 338 Å². The largest absolute Gasteiger partial charge is 0.455 e. The molecule has 0 saturated heterocycles. The molecule has 0 aliphatic heterocycles. The first-order valence-electron chi connectivity index (χ1n) is 19.8. The predicted octanol–water partition coefficient (Wildman–Crippen LogP) is 14.1. The molecule has 0 radical (unpaired) electrons. The van der Waals surface area contributed by atoms with Gasteiger partial charge in [0.2, 0.25) is 0 Å². The van der Waals surface area contributed by atoms with E-state index in [1.165, 1.54) is 10.8 Å². The second-order valence-electron chi connectivity index (χ2n) is 15.0. The minimum absolute atomic E-state index is 0.621. The summed E-state index contributed by atoms with van der Waals surface area (Å²) in [6, 6.07) is 67.6. The van der Waals surface area contributed by atoms with Gasteiger partial charge in [-0.1, -0.05) is 158 Å². The molecule has 3 heterocycles. The van der Waals surface area contributed by atoms with Crippen LogP contribution in [0.2, 0.25) is 0 Å². The summed E-state index contributed by atoms with van der Waals surface area (Å²) in [6.45, 7) is 0. The predicted molar refractivity (Wildman–Crippen MR) is 242 cm³/mol. The molecule has 0 aliphatic rings. The van der Waals surface area contributed by atoms with Crippen molar-refractivity contribution in [3.05, 3.63) is 194 Å². The Morgan fingerprint density at radius 2 is 0.847 bits per heavy atom. The van der Waals surface area contributed by atoms with Crippen molar-refractivity contribution in [2.24, 2.45) is 0 Å². The average Bonchev–Trinajstić information content (AvgIpc) is 3.70. The Balaban J connectivity index is 0.957. The Hall–Kier alpha value is -8.02. The highest BCUT2D eigenvalue weighted by Crippen LogP contribution is 2.41. The standard InChI is InChI=1S/C54H32N4O/c1-3-12-37-31-41(26-22-33(37)10-1)53-56-52(57-54(58-53)42-27-23-34-11-2-4-13-38(34)32-42)36-24-20-35(21-25-36)39-14-9-15-40(30-39)50-46-29-28-44-43-16-6-8-19-48(43)59-51(44)49(46)45-17-5-7-18-47(45)55-50/h1-32H. The summed E-state index contributed by atoms with van der Waals surface area (Å²) in [4.78, 5) is 20.5. The number of furan rings is 1. The first kappa shape index (κ1) is 33.2. The molecule has 9 aromatic carbocycles. The van der Waals surface area contributed by atoms with Crippen molar-refractivity contribution in [3.63, 3.8) is 0 Å². The van der Waals surface area contributed by atoms with Crippen molar-refractivity contribution in [1.29, 1.82) is 0 Å². The van der Waals surface area contributed by atoms with Crippen molar-refractivity contribution < 1.29 is 4.42 Å². The van der Waals surface area contributed by atoms with Crippen molar-refractivity contribution >= 4 is 65.2 Å². The quantitative estimate of drug-likeness (QED) is 0.164. The second-order valence-corrected chi connectivity index (χ2v) is 15.0. The third-order valence-electron chi connectivity index (χ3n) is 11.5. The van der Waals surface area contributed by atoms with Crippen LogP contribution in [0.3, 0.4) is 0 Å². The summed E-state index contributed by atoms with van der Waals surface area (Å²) in [5, 5.41) is 10.1. The maximum Gasteiger partial charge on any atom is 0.164 e. The van der Waals surface area contributed by atoms with Crippen LogP contribution >= 0.6 is 0 Å². The molecule has 0 fully saturated rings. The molecular formula is C54H32N4O. The number of hydrogen-bond donors (Lipinski definition) is 0. The zero-order chi connectivity index (χ0) is 38.9. The van der Waals surface area contributed by atoms with Gasteiger partial charge in [-0.3, -0.25) is 0 Å². The van der Waals surface area contributed by atoms with E-state index < -0.39 is 0 Å². The molecule has 0 amide bonds. The van der Waals surface area contributed by atoms with Crippen molar-refractivity contribution in [2.45, 2.75) is 0 Å². The smallest absolute Gasteiger partial charge is 0.164 e. The Morgan fingerprint density at radius 1 is 0.305 bits per heavy atom. The molecule has 3 aromatic heterocycles. The van der Waals surface area contributed by atoms with E-state index in [0.29, 0.717) is 17.5 Å². The summed E-state index contributed by atoms with van der Waals surface area (Å²) in [7, 11) is 0. The Bertz CT molecular complexity index is 3530. The van der Waals surface area contributed by atoms with Crippen LogP contribution in [0, 0.1) is 0 Å². The van der Waals surface area contributed by atoms with Gasteiger partial charge in [-0.2, -0.15) is 0 Å². The first-order valence-corrected chi connectivity index (χ1v) is 19.8. The van der Waals surface area contributed by atoms with E-state index in [2.05, 4.69) is 176 Å². The van der Waals surface area contributed by atoms with E-state index in [1.54, 1.807) is 0 Å². The molecule has 274 valence electrons. The maximum absolute atomic E-state index is 6.56. The lowest BCUT2D eigenvalue weighted by molar-refractivity contribution is 0.673. The summed E-state index contributed by atoms with van der Waals surface area (Å²) in [5.74, 6) is 1.89. The molecule has 0 unspecified atom stereocenters. The Kier molecular flexibility index (Phi) is 7.47. The number of aromatic nitrogens is 4. The van der Waals surface area contributed by atoms with Crippen molar-refractivity contribution in [3.8, 4) is 56.5 Å². The maximum atomic E-state index is 6.56. The fraction of sp³-hybridized carbons (Fsp3) is 0. The zero-order valence-corrected chi connectivity index (χ0v) is 31.7. The van der Waals surface area contributed by atoms with Gasteiger partial charge in [-0.25, -0.2) is 19.9 Å². The third kappa shape index (κ3) is 5.63. The van der Waals surface area contributed by atoms with E-state index in [9.17, 15) is 0 Å². The van der Waals surface area contributed by atoms with Gasteiger partial charge < -0.3 is 4.42 Å². The first-order chi connectivity index (χ1) is 29.2. The number of para-hydroxylation sites is 2. The molecule has 59 heavy (non-hydrogen) atoms. The van der Waals surface area contributed by atoms with E-state index in [0.717, 1.165) is 93.5 Å². The van der Waals surface area contributed by atoms with Gasteiger partial charge in [-0.15, -0.1) is 0 Å². The molecule has 0 bridgehead atoms. The summed E-state index contributed by atoms with van der Waals surface area (Å²) in [6.07, 6.45) is 0. The van der Waals surface area contributed by atoms with Crippen LogP contribution in [-0.4, -0.2) is 19.9 Å². The molecule has 12 aromatic rings. The number of hydrogen-bond acceptors (Lipinski definition) is 5.